The molecule has 2 aliphatic heterocycles. The lowest BCUT2D eigenvalue weighted by Gasteiger charge is -2.37. The van der Waals surface area contributed by atoms with Crippen molar-refractivity contribution in [3.63, 3.8) is 0 Å². The second-order valence-corrected chi connectivity index (χ2v) is 5.49. The molecule has 0 aromatic heterocycles. The molecule has 2 fully saturated rings. The second kappa shape index (κ2) is 5.36. The zero-order valence-corrected chi connectivity index (χ0v) is 11.3. The topological polar surface area (TPSA) is 35.6 Å². The molecule has 1 N–H and O–H groups in total. The summed E-state index contributed by atoms with van der Waals surface area (Å²) in [4.78, 5) is 16.8. The first kappa shape index (κ1) is 12.8. The van der Waals surface area contributed by atoms with Gasteiger partial charge in [0.15, 0.2) is 0 Å². The fourth-order valence-electron chi connectivity index (χ4n) is 3.17. The minimum atomic E-state index is 0.0576. The quantitative estimate of drug-likeness (QED) is 0.799. The Labute approximate surface area is 104 Å². The lowest BCUT2D eigenvalue weighted by molar-refractivity contribution is -0.133. The van der Waals surface area contributed by atoms with Crippen molar-refractivity contribution in [3.8, 4) is 0 Å². The van der Waals surface area contributed by atoms with Gasteiger partial charge in [0, 0.05) is 12.6 Å². The molecule has 98 valence electrons. The van der Waals surface area contributed by atoms with Gasteiger partial charge in [-0.1, -0.05) is 13.3 Å². The molecule has 0 aliphatic carbocycles. The molecular weight excluding hydrogens is 214 g/mol. The van der Waals surface area contributed by atoms with Crippen molar-refractivity contribution < 1.29 is 4.79 Å². The Hall–Kier alpha value is -0.610. The summed E-state index contributed by atoms with van der Waals surface area (Å²) in [6.45, 7) is 6.44. The Balaban J connectivity index is 2.02. The first-order valence-electron chi connectivity index (χ1n) is 6.90. The number of piperidine rings is 1. The molecule has 3 atom stereocenters. The molecule has 4 heteroatoms. The van der Waals surface area contributed by atoms with Crippen LogP contribution in [0.15, 0.2) is 0 Å². The molecule has 3 unspecified atom stereocenters. The van der Waals surface area contributed by atoms with Crippen molar-refractivity contribution in [1.82, 2.24) is 15.1 Å². The number of hydrogen-bond acceptors (Lipinski definition) is 3. The summed E-state index contributed by atoms with van der Waals surface area (Å²) in [6.07, 6.45) is 4.59. The molecule has 0 spiro atoms. The minimum Gasteiger partial charge on any atom is -0.322 e. The number of hydrogen-bond donors (Lipinski definition) is 1. The first-order chi connectivity index (χ1) is 8.13. The number of nitrogens with zero attached hydrogens (tertiary/aromatic N) is 2. The largest absolute Gasteiger partial charge is 0.322 e. The maximum atomic E-state index is 12.4. The smallest absolute Gasteiger partial charge is 0.241 e. The third-order valence-electron chi connectivity index (χ3n) is 3.98. The van der Waals surface area contributed by atoms with Crippen molar-refractivity contribution in [2.75, 3.05) is 20.1 Å². The van der Waals surface area contributed by atoms with E-state index in [-0.39, 0.29) is 12.2 Å². The lowest BCUT2D eigenvalue weighted by Crippen LogP contribution is -2.50. The molecule has 0 aromatic carbocycles. The summed E-state index contributed by atoms with van der Waals surface area (Å²) in [5, 5.41) is 3.42. The first-order valence-corrected chi connectivity index (χ1v) is 6.90. The Morgan fingerprint density at radius 2 is 2.24 bits per heavy atom. The minimum absolute atomic E-state index is 0.0576. The third kappa shape index (κ3) is 2.63. The molecule has 0 radical (unpaired) electrons. The second-order valence-electron chi connectivity index (χ2n) is 5.49. The number of carbonyl (C=O) groups excluding carboxylic acids is 1. The molecule has 17 heavy (non-hydrogen) atoms. The van der Waals surface area contributed by atoms with E-state index >= 15 is 0 Å². The van der Waals surface area contributed by atoms with Crippen LogP contribution in [-0.4, -0.2) is 54.1 Å². The van der Waals surface area contributed by atoms with Crippen molar-refractivity contribution in [3.05, 3.63) is 0 Å². The van der Waals surface area contributed by atoms with Gasteiger partial charge in [-0.3, -0.25) is 10.1 Å². The average Bonchev–Trinajstić information content (AvgIpc) is 2.55. The Bertz CT molecular complexity index is 282. The van der Waals surface area contributed by atoms with Crippen molar-refractivity contribution in [1.29, 1.82) is 0 Å². The molecule has 4 nitrogen and oxygen atoms in total. The van der Waals surface area contributed by atoms with Crippen LogP contribution in [0.4, 0.5) is 0 Å². The van der Waals surface area contributed by atoms with Gasteiger partial charge in [0.05, 0.1) is 12.2 Å². The highest BCUT2D eigenvalue weighted by Gasteiger charge is 2.40. The normalized spacial score (nSPS) is 35.6. The summed E-state index contributed by atoms with van der Waals surface area (Å²) in [5.74, 6) is 0.319. The van der Waals surface area contributed by atoms with Gasteiger partial charge in [-0.2, -0.15) is 0 Å². The Morgan fingerprint density at radius 1 is 1.47 bits per heavy atom. The molecule has 2 rings (SSSR count). The molecule has 0 aromatic rings. The van der Waals surface area contributed by atoms with E-state index in [9.17, 15) is 4.79 Å². The van der Waals surface area contributed by atoms with E-state index < -0.39 is 0 Å². The van der Waals surface area contributed by atoms with E-state index in [4.69, 9.17) is 0 Å². The summed E-state index contributed by atoms with van der Waals surface area (Å²) in [5.41, 5.74) is 0. The monoisotopic (exact) mass is 239 g/mol. The predicted octanol–water partition coefficient (Wildman–Crippen LogP) is 1.03. The molecule has 2 saturated heterocycles. The molecule has 0 bridgehead atoms. The van der Waals surface area contributed by atoms with Gasteiger partial charge < -0.3 is 9.80 Å². The number of likely N-dealkylation sites (N-methyl/N-ethyl adjacent to an activating group) is 1. The van der Waals surface area contributed by atoms with E-state index in [0.29, 0.717) is 11.9 Å². The summed E-state index contributed by atoms with van der Waals surface area (Å²) >= 11 is 0. The SMILES string of the molecule is CCCC1NC(C)N(C2CCCN(C)C2)C1=O. The zero-order chi connectivity index (χ0) is 12.4. The van der Waals surface area contributed by atoms with Crippen LogP contribution in [0.1, 0.15) is 39.5 Å². The van der Waals surface area contributed by atoms with E-state index in [0.717, 1.165) is 25.8 Å². The maximum absolute atomic E-state index is 12.4. The van der Waals surface area contributed by atoms with Gasteiger partial charge in [-0.05, 0) is 39.8 Å². The number of amides is 1. The Kier molecular flexibility index (Phi) is 4.05. The highest BCUT2D eigenvalue weighted by molar-refractivity contribution is 5.84. The van der Waals surface area contributed by atoms with Gasteiger partial charge in [0.2, 0.25) is 5.91 Å². The molecular formula is C13H25N3O. The van der Waals surface area contributed by atoms with Gasteiger partial charge in [-0.25, -0.2) is 0 Å². The molecule has 1 amide bonds. The van der Waals surface area contributed by atoms with E-state index in [1.165, 1.54) is 13.0 Å². The van der Waals surface area contributed by atoms with Crippen LogP contribution in [0.3, 0.4) is 0 Å². The number of carbonyl (C=O) groups is 1. The lowest BCUT2D eigenvalue weighted by atomic mass is 10.0. The predicted molar refractivity (Wildman–Crippen MR) is 68.7 cm³/mol. The average molecular weight is 239 g/mol. The van der Waals surface area contributed by atoms with Crippen LogP contribution in [0.5, 0.6) is 0 Å². The van der Waals surface area contributed by atoms with E-state index in [1.54, 1.807) is 0 Å². The third-order valence-corrected chi connectivity index (χ3v) is 3.98. The standard InChI is InChI=1S/C13H25N3O/c1-4-6-12-13(17)16(10(2)14-12)11-7-5-8-15(3)9-11/h10-12,14H,4-9H2,1-3H3. The van der Waals surface area contributed by atoms with Crippen LogP contribution in [0, 0.1) is 0 Å². The van der Waals surface area contributed by atoms with Crippen LogP contribution >= 0.6 is 0 Å². The van der Waals surface area contributed by atoms with Crippen LogP contribution in [0.25, 0.3) is 0 Å². The zero-order valence-electron chi connectivity index (χ0n) is 11.3. The fraction of sp³-hybridized carbons (Fsp3) is 0.923. The van der Waals surface area contributed by atoms with Gasteiger partial charge in [-0.15, -0.1) is 0 Å². The van der Waals surface area contributed by atoms with E-state index in [1.807, 2.05) is 0 Å². The molecule has 2 heterocycles. The Morgan fingerprint density at radius 3 is 2.88 bits per heavy atom. The maximum Gasteiger partial charge on any atom is 0.241 e. The number of rotatable bonds is 3. The van der Waals surface area contributed by atoms with Gasteiger partial charge >= 0.3 is 0 Å². The van der Waals surface area contributed by atoms with Crippen molar-refractivity contribution in [2.24, 2.45) is 0 Å². The number of nitrogens with one attached hydrogen (secondary N) is 1. The summed E-state index contributed by atoms with van der Waals surface area (Å²) in [7, 11) is 2.15. The highest BCUT2D eigenvalue weighted by Crippen LogP contribution is 2.22. The van der Waals surface area contributed by atoms with Crippen LogP contribution in [-0.2, 0) is 4.79 Å². The fourth-order valence-corrected chi connectivity index (χ4v) is 3.17. The highest BCUT2D eigenvalue weighted by atomic mass is 16.2. The number of likely N-dealkylation sites (tertiary alicyclic amines) is 1. The van der Waals surface area contributed by atoms with Crippen LogP contribution < -0.4 is 5.32 Å². The van der Waals surface area contributed by atoms with Gasteiger partial charge in [0.1, 0.15) is 0 Å². The molecule has 2 aliphatic rings. The summed E-state index contributed by atoms with van der Waals surface area (Å²) < 4.78 is 0. The van der Waals surface area contributed by atoms with E-state index in [2.05, 4.69) is 36.0 Å². The van der Waals surface area contributed by atoms with Gasteiger partial charge in [0.25, 0.3) is 0 Å². The summed E-state index contributed by atoms with van der Waals surface area (Å²) in [6, 6.07) is 0.466. The van der Waals surface area contributed by atoms with Crippen molar-refractivity contribution in [2.45, 2.75) is 57.8 Å². The van der Waals surface area contributed by atoms with Crippen molar-refractivity contribution >= 4 is 5.91 Å². The van der Waals surface area contributed by atoms with Crippen LogP contribution in [0.2, 0.25) is 0 Å². The molecule has 0 saturated carbocycles.